The van der Waals surface area contributed by atoms with Crippen molar-refractivity contribution in [2.45, 2.75) is 25.9 Å². The van der Waals surface area contributed by atoms with Crippen LogP contribution in [0.5, 0.6) is 0 Å². The summed E-state index contributed by atoms with van der Waals surface area (Å²) in [5.41, 5.74) is 3.48. The van der Waals surface area contributed by atoms with Crippen LogP contribution in [-0.4, -0.2) is 27.9 Å². The number of rotatable bonds is 3. The first kappa shape index (κ1) is 19.4. The van der Waals surface area contributed by atoms with Crippen molar-refractivity contribution in [3.05, 3.63) is 63.1 Å². The molecule has 0 aromatic heterocycles. The zero-order valence-corrected chi connectivity index (χ0v) is 17.3. The summed E-state index contributed by atoms with van der Waals surface area (Å²) in [7, 11) is -2.31. The minimum Gasteiger partial charge on any atom is -0.345 e. The van der Waals surface area contributed by atoms with Gasteiger partial charge in [-0.3, -0.25) is 4.79 Å². The molecule has 2 aromatic carbocycles. The zero-order chi connectivity index (χ0) is 19.1. The molecule has 1 amide bonds. The highest BCUT2D eigenvalue weighted by molar-refractivity contribution is 7.98. The van der Waals surface area contributed by atoms with Crippen LogP contribution < -0.4 is 0 Å². The number of nitrogens with zero attached hydrogens (tertiary/aromatic N) is 2. The molecule has 0 unspecified atom stereocenters. The maximum absolute atomic E-state index is 12.9. The highest BCUT2D eigenvalue weighted by Crippen LogP contribution is 2.39. The molecule has 0 radical (unpaired) electrons. The van der Waals surface area contributed by atoms with Gasteiger partial charge in [-0.15, -0.1) is 10.1 Å². The number of hydrogen-bond acceptors (Lipinski definition) is 2. The molecule has 1 aliphatic rings. The van der Waals surface area contributed by atoms with E-state index < -0.39 is 10.1 Å². The summed E-state index contributed by atoms with van der Waals surface area (Å²) < 4.78 is 14.6. The van der Waals surface area contributed by atoms with E-state index in [9.17, 15) is 9.35 Å². The first-order valence-electron chi connectivity index (χ1n) is 8.31. The number of carbonyl (C=O) groups is 1. The van der Waals surface area contributed by atoms with Gasteiger partial charge in [-0.2, -0.15) is 0 Å². The number of carbonyl (C=O) groups excluding carboxylic acids is 1. The van der Waals surface area contributed by atoms with Crippen LogP contribution >= 0.6 is 23.2 Å². The minimum absolute atomic E-state index is 0.0345. The molecule has 0 spiro atoms. The Kier molecular flexibility index (Phi) is 5.45. The van der Waals surface area contributed by atoms with Gasteiger partial charge in [-0.25, -0.2) is 4.36 Å². The summed E-state index contributed by atoms with van der Waals surface area (Å²) >= 11 is 12.4. The average molecular weight is 413 g/mol. The quantitative estimate of drug-likeness (QED) is 0.690. The summed E-state index contributed by atoms with van der Waals surface area (Å²) in [6.07, 6.45) is 3.64. The lowest BCUT2D eigenvalue weighted by molar-refractivity contribution is -0.132. The fourth-order valence-electron chi connectivity index (χ4n) is 3.25. The monoisotopic (exact) mass is 412 g/mol. The molecule has 1 atom stereocenters. The van der Waals surface area contributed by atoms with Crippen molar-refractivity contribution in [1.82, 2.24) is 4.90 Å². The average Bonchev–Trinajstić information content (AvgIpc) is 2.88. The Labute approximate surface area is 165 Å². The van der Waals surface area contributed by atoms with Crippen molar-refractivity contribution >= 4 is 44.9 Å². The Hall–Kier alpha value is -1.40. The third-order valence-electron chi connectivity index (χ3n) is 4.50. The molecule has 1 N–H and O–H groups in total. The van der Waals surface area contributed by atoms with Crippen LogP contribution in [0.2, 0.25) is 10.0 Å². The highest BCUT2D eigenvalue weighted by atomic mass is 35.5. The predicted molar refractivity (Wildman–Crippen MR) is 111 cm³/mol. The normalized spacial score (nSPS) is 17.2. The summed E-state index contributed by atoms with van der Waals surface area (Å²) in [6.45, 7) is 2.47. The maximum Gasteiger partial charge on any atom is 0.227 e. The van der Waals surface area contributed by atoms with E-state index in [2.05, 4.69) is 4.36 Å². The summed E-state index contributed by atoms with van der Waals surface area (Å²) in [6, 6.07) is 11.0. The number of benzene rings is 2. The zero-order valence-electron chi connectivity index (χ0n) is 14.9. The van der Waals surface area contributed by atoms with Crippen molar-refractivity contribution in [2.24, 2.45) is 4.36 Å². The van der Waals surface area contributed by atoms with Gasteiger partial charge in [0, 0.05) is 22.2 Å². The first-order valence-corrected chi connectivity index (χ1v) is 11.7. The highest BCUT2D eigenvalue weighted by Gasteiger charge is 2.32. The van der Waals surface area contributed by atoms with Gasteiger partial charge in [0.05, 0.1) is 18.2 Å². The van der Waals surface area contributed by atoms with E-state index in [1.165, 1.54) is 0 Å². The number of thiol groups is 1. The third-order valence-corrected chi connectivity index (χ3v) is 5.91. The Morgan fingerprint density at radius 2 is 1.85 bits per heavy atom. The Balaban J connectivity index is 1.90. The van der Waals surface area contributed by atoms with Gasteiger partial charge in [0.1, 0.15) is 0 Å². The van der Waals surface area contributed by atoms with Crippen LogP contribution in [0.25, 0.3) is 0 Å². The molecule has 26 heavy (non-hydrogen) atoms. The van der Waals surface area contributed by atoms with Gasteiger partial charge in [0.25, 0.3) is 0 Å². The molecule has 3 rings (SSSR count). The Bertz CT molecular complexity index is 895. The van der Waals surface area contributed by atoms with Crippen molar-refractivity contribution in [3.8, 4) is 0 Å². The van der Waals surface area contributed by atoms with Gasteiger partial charge >= 0.3 is 0 Å². The molecule has 140 valence electrons. The minimum atomic E-state index is -2.31. The molecule has 4 nitrogen and oxygen atoms in total. The van der Waals surface area contributed by atoms with Crippen LogP contribution in [0.1, 0.15) is 29.7 Å². The van der Waals surface area contributed by atoms with E-state index in [4.69, 9.17) is 23.2 Å². The third kappa shape index (κ3) is 3.96. The van der Waals surface area contributed by atoms with Crippen molar-refractivity contribution < 1.29 is 9.35 Å². The molecule has 0 aliphatic carbocycles. The van der Waals surface area contributed by atoms with Gasteiger partial charge in [-0.05, 0) is 48.8 Å². The first-order chi connectivity index (χ1) is 12.2. The lowest BCUT2D eigenvalue weighted by Gasteiger charge is -2.22. The van der Waals surface area contributed by atoms with Crippen LogP contribution in [0.3, 0.4) is 0 Å². The number of amides is 1. The predicted octanol–water partition coefficient (Wildman–Crippen LogP) is 5.07. The maximum atomic E-state index is 12.9. The standard InChI is InChI=1S/C19H22Cl2N2O2S/c1-12-13-6-4-9-18(22-26(2,3)25)15(13)11-23(12)19(24)10-14-16(20)7-5-8-17(14)21/h4-9,12,26H,10-11H2,1-3H3,(H,22,25)/t12-/m0/s1. The molecule has 7 heteroatoms. The molecule has 0 saturated heterocycles. The van der Waals surface area contributed by atoms with Crippen LogP contribution in [-0.2, 0) is 27.9 Å². The van der Waals surface area contributed by atoms with E-state index in [1.54, 1.807) is 30.7 Å². The molecule has 0 fully saturated rings. The second-order valence-electron chi connectivity index (χ2n) is 6.86. The fraction of sp³-hybridized carbons (Fsp3) is 0.316. The topological polar surface area (TPSA) is 52.9 Å². The SMILES string of the molecule is C[C@H]1c2cccc(N=[SH](C)(C)O)c2CN1C(=O)Cc1c(Cl)cccc1Cl. The summed E-state index contributed by atoms with van der Waals surface area (Å²) in [4.78, 5) is 14.7. The van der Waals surface area contributed by atoms with E-state index in [0.29, 0.717) is 22.2 Å². The van der Waals surface area contributed by atoms with E-state index in [-0.39, 0.29) is 18.4 Å². The van der Waals surface area contributed by atoms with Crippen molar-refractivity contribution in [2.75, 3.05) is 12.5 Å². The number of halogens is 2. The van der Waals surface area contributed by atoms with Gasteiger partial charge in [-0.1, -0.05) is 41.4 Å². The molecule has 0 bridgehead atoms. The lowest BCUT2D eigenvalue weighted by Crippen LogP contribution is -2.29. The van der Waals surface area contributed by atoms with Crippen LogP contribution in [0, 0.1) is 0 Å². The molecule has 2 aromatic rings. The van der Waals surface area contributed by atoms with Gasteiger partial charge in [0.15, 0.2) is 0 Å². The smallest absolute Gasteiger partial charge is 0.227 e. The lowest BCUT2D eigenvalue weighted by atomic mass is 10.0. The summed E-state index contributed by atoms with van der Waals surface area (Å²) in [5.74, 6) is -0.0345. The molecule has 1 aliphatic heterocycles. The van der Waals surface area contributed by atoms with Gasteiger partial charge < -0.3 is 9.45 Å². The number of fused-ring (bicyclic) bond motifs is 1. The Morgan fingerprint density at radius 3 is 2.46 bits per heavy atom. The fourth-order valence-corrected chi connectivity index (χ4v) is 4.49. The van der Waals surface area contributed by atoms with Crippen molar-refractivity contribution in [3.63, 3.8) is 0 Å². The Morgan fingerprint density at radius 1 is 1.23 bits per heavy atom. The molecular formula is C19H22Cl2N2O2S. The second kappa shape index (κ2) is 7.31. The summed E-state index contributed by atoms with van der Waals surface area (Å²) in [5, 5.41) is 0.996. The van der Waals surface area contributed by atoms with Crippen LogP contribution in [0.4, 0.5) is 5.69 Å². The van der Waals surface area contributed by atoms with Gasteiger partial charge in [0.2, 0.25) is 5.91 Å². The van der Waals surface area contributed by atoms with Crippen molar-refractivity contribution in [1.29, 1.82) is 0 Å². The second-order valence-corrected chi connectivity index (χ2v) is 10.5. The van der Waals surface area contributed by atoms with E-state index in [0.717, 1.165) is 16.8 Å². The van der Waals surface area contributed by atoms with E-state index >= 15 is 0 Å². The number of hydrogen-bond donors (Lipinski definition) is 2. The molecular weight excluding hydrogens is 391 g/mol. The molecule has 0 saturated carbocycles. The molecule has 1 heterocycles. The largest absolute Gasteiger partial charge is 0.345 e. The van der Waals surface area contributed by atoms with E-state index in [1.807, 2.05) is 30.0 Å². The van der Waals surface area contributed by atoms with Crippen LogP contribution in [0.15, 0.2) is 40.8 Å².